The second-order valence-electron chi connectivity index (χ2n) is 11.0. The van der Waals surface area contributed by atoms with E-state index in [-0.39, 0.29) is 11.5 Å². The molecule has 0 aliphatic carbocycles. The Morgan fingerprint density at radius 3 is 1.18 bits per heavy atom. The molecular formula is C36H42O2Si2. The topological polar surface area (TPSA) is 40.5 Å². The van der Waals surface area contributed by atoms with E-state index < -0.39 is 16.1 Å². The summed E-state index contributed by atoms with van der Waals surface area (Å²) in [5.41, 5.74) is 10.6. The van der Waals surface area contributed by atoms with E-state index in [1.807, 2.05) is 36.4 Å². The molecule has 2 N–H and O–H groups in total. The van der Waals surface area contributed by atoms with Crippen molar-refractivity contribution < 1.29 is 10.2 Å². The van der Waals surface area contributed by atoms with Crippen molar-refractivity contribution in [2.75, 3.05) is 0 Å². The summed E-state index contributed by atoms with van der Waals surface area (Å²) >= 11 is 0. The van der Waals surface area contributed by atoms with Crippen LogP contribution in [0.25, 0.3) is 32.7 Å². The maximum absolute atomic E-state index is 11.1. The van der Waals surface area contributed by atoms with Crippen LogP contribution in [-0.2, 0) is 0 Å². The van der Waals surface area contributed by atoms with E-state index in [1.165, 1.54) is 36.3 Å². The molecule has 206 valence electrons. The van der Waals surface area contributed by atoms with Gasteiger partial charge in [0.1, 0.15) is 27.6 Å². The highest BCUT2D eigenvalue weighted by Gasteiger charge is 2.25. The van der Waals surface area contributed by atoms with Crippen LogP contribution in [0.15, 0.2) is 60.7 Å². The number of rotatable bonds is 7. The van der Waals surface area contributed by atoms with Gasteiger partial charge in [-0.15, -0.1) is 11.1 Å². The summed E-state index contributed by atoms with van der Waals surface area (Å²) in [7, 11) is -3.10. The maximum atomic E-state index is 11.1. The Labute approximate surface area is 242 Å². The molecule has 0 saturated carbocycles. The number of benzene rings is 4. The zero-order chi connectivity index (χ0) is 28.9. The number of fused-ring (bicyclic) bond motifs is 2. The lowest BCUT2D eigenvalue weighted by Gasteiger charge is -2.20. The van der Waals surface area contributed by atoms with Gasteiger partial charge in [-0.2, -0.15) is 0 Å². The van der Waals surface area contributed by atoms with Gasteiger partial charge in [-0.05, 0) is 94.2 Å². The maximum Gasteiger partial charge on any atom is 0.138 e. The fourth-order valence-electron chi connectivity index (χ4n) is 5.76. The average Bonchev–Trinajstić information content (AvgIpc) is 2.99. The summed E-state index contributed by atoms with van der Waals surface area (Å²) in [6.45, 7) is 13.6. The molecule has 0 amide bonds. The third-order valence-corrected chi connectivity index (χ3v) is 18.7. The highest BCUT2D eigenvalue weighted by Crippen LogP contribution is 2.44. The number of hydrogen-bond acceptors (Lipinski definition) is 2. The van der Waals surface area contributed by atoms with E-state index in [4.69, 9.17) is 0 Å². The SMILES string of the molecule is CC[Si](C#Cc1ccc2c(-c3c(O)ccc4cc(C#C[Si](CC)(CC)CC)ccc34)c(O)ccc2c1)(CC)CC. The summed E-state index contributed by atoms with van der Waals surface area (Å²) < 4.78 is 0. The van der Waals surface area contributed by atoms with Crippen molar-refractivity contribution in [2.45, 2.75) is 77.8 Å². The Hall–Kier alpha value is -3.45. The Morgan fingerprint density at radius 2 is 0.850 bits per heavy atom. The van der Waals surface area contributed by atoms with Gasteiger partial charge < -0.3 is 10.2 Å². The zero-order valence-electron chi connectivity index (χ0n) is 24.9. The van der Waals surface area contributed by atoms with Crippen molar-refractivity contribution in [3.05, 3.63) is 71.8 Å². The van der Waals surface area contributed by atoms with Crippen LogP contribution in [0.4, 0.5) is 0 Å². The lowest BCUT2D eigenvalue weighted by molar-refractivity contribution is 0.470. The van der Waals surface area contributed by atoms with Crippen LogP contribution in [0.5, 0.6) is 11.5 Å². The van der Waals surface area contributed by atoms with Crippen molar-refractivity contribution >= 4 is 37.7 Å². The third kappa shape index (κ3) is 5.71. The van der Waals surface area contributed by atoms with Crippen LogP contribution in [0.2, 0.25) is 36.3 Å². The molecule has 0 heterocycles. The molecule has 0 aliphatic rings. The largest absolute Gasteiger partial charge is 0.507 e. The lowest BCUT2D eigenvalue weighted by atomic mass is 9.91. The molecule has 0 saturated heterocycles. The molecular weight excluding hydrogens is 521 g/mol. The molecule has 0 radical (unpaired) electrons. The predicted molar refractivity (Wildman–Crippen MR) is 178 cm³/mol. The summed E-state index contributed by atoms with van der Waals surface area (Å²) in [5, 5.41) is 25.9. The molecule has 0 unspecified atom stereocenters. The van der Waals surface area contributed by atoms with Crippen molar-refractivity contribution in [1.29, 1.82) is 0 Å². The van der Waals surface area contributed by atoms with Crippen LogP contribution in [-0.4, -0.2) is 26.4 Å². The average molecular weight is 563 g/mol. The number of aromatic hydroxyl groups is 2. The standard InChI is InChI=1S/C36H42O2Si2/c1-7-39(8-2,9-3)23-21-27-13-17-31-29(25-27)15-19-33(37)35(31)36-32-18-14-28(26-30(32)16-20-34(36)38)22-24-40(10-4,11-5)12-6/h13-20,25-26,37-38H,7-12H2,1-6H3. The molecule has 4 rings (SSSR count). The molecule has 0 bridgehead atoms. The molecule has 0 spiro atoms. The van der Waals surface area contributed by atoms with E-state index in [0.29, 0.717) is 11.1 Å². The molecule has 4 aromatic carbocycles. The van der Waals surface area contributed by atoms with Gasteiger partial charge in [0.25, 0.3) is 0 Å². The first-order valence-electron chi connectivity index (χ1n) is 14.9. The Balaban J connectivity index is 1.84. The second kappa shape index (κ2) is 12.4. The smallest absolute Gasteiger partial charge is 0.138 e. The fraction of sp³-hybridized carbons (Fsp3) is 0.333. The van der Waals surface area contributed by atoms with Crippen molar-refractivity contribution in [1.82, 2.24) is 0 Å². The first-order valence-corrected chi connectivity index (χ1v) is 20.1. The molecule has 2 nitrogen and oxygen atoms in total. The van der Waals surface area contributed by atoms with E-state index in [2.05, 4.69) is 76.6 Å². The molecule has 40 heavy (non-hydrogen) atoms. The van der Waals surface area contributed by atoms with Crippen LogP contribution < -0.4 is 0 Å². The zero-order valence-corrected chi connectivity index (χ0v) is 26.9. The number of phenols is 2. The molecule has 0 fully saturated rings. The van der Waals surface area contributed by atoms with Crippen molar-refractivity contribution in [2.24, 2.45) is 0 Å². The first-order chi connectivity index (χ1) is 19.3. The minimum Gasteiger partial charge on any atom is -0.507 e. The van der Waals surface area contributed by atoms with Crippen LogP contribution in [0.3, 0.4) is 0 Å². The van der Waals surface area contributed by atoms with Crippen LogP contribution >= 0.6 is 0 Å². The quantitative estimate of drug-likeness (QED) is 0.174. The monoisotopic (exact) mass is 562 g/mol. The van der Waals surface area contributed by atoms with Crippen LogP contribution in [0.1, 0.15) is 52.7 Å². The second-order valence-corrected chi connectivity index (χ2v) is 20.8. The summed E-state index contributed by atoms with van der Waals surface area (Å²) in [6.07, 6.45) is 0. The molecule has 0 aliphatic heterocycles. The molecule has 4 aromatic rings. The number of hydrogen-bond donors (Lipinski definition) is 2. The normalized spacial score (nSPS) is 11.7. The third-order valence-electron chi connectivity index (χ3n) is 9.25. The van der Waals surface area contributed by atoms with Gasteiger partial charge in [-0.1, -0.05) is 77.6 Å². The van der Waals surface area contributed by atoms with Crippen molar-refractivity contribution in [3.63, 3.8) is 0 Å². The Kier molecular flexibility index (Phi) is 9.14. The van der Waals surface area contributed by atoms with Gasteiger partial charge in [0, 0.05) is 22.3 Å². The summed E-state index contributed by atoms with van der Waals surface area (Å²) in [4.78, 5) is 0. The van der Waals surface area contributed by atoms with E-state index in [0.717, 1.165) is 32.7 Å². The minimum absolute atomic E-state index is 0.150. The van der Waals surface area contributed by atoms with Gasteiger partial charge in [0.05, 0.1) is 0 Å². The highest BCUT2D eigenvalue weighted by molar-refractivity contribution is 6.87. The van der Waals surface area contributed by atoms with Crippen molar-refractivity contribution in [3.8, 4) is 45.6 Å². The van der Waals surface area contributed by atoms with Gasteiger partial charge in [0.15, 0.2) is 0 Å². The Bertz CT molecular complexity index is 1510. The summed E-state index contributed by atoms with van der Waals surface area (Å²) in [5.74, 6) is 7.25. The molecule has 0 aromatic heterocycles. The lowest BCUT2D eigenvalue weighted by Crippen LogP contribution is -2.29. The van der Waals surface area contributed by atoms with E-state index in [1.54, 1.807) is 12.1 Å². The minimum atomic E-state index is -1.55. The van der Waals surface area contributed by atoms with Gasteiger partial charge in [0.2, 0.25) is 0 Å². The molecule has 0 atom stereocenters. The van der Waals surface area contributed by atoms with E-state index >= 15 is 0 Å². The van der Waals surface area contributed by atoms with Gasteiger partial charge in [-0.25, -0.2) is 0 Å². The molecule has 4 heteroatoms. The fourth-order valence-corrected chi connectivity index (χ4v) is 10.6. The highest BCUT2D eigenvalue weighted by atomic mass is 28.3. The predicted octanol–water partition coefficient (Wildman–Crippen LogP) is 9.87. The number of phenolic OH excluding ortho intramolecular Hbond substituents is 2. The van der Waals surface area contributed by atoms with Gasteiger partial charge >= 0.3 is 0 Å². The first kappa shape index (κ1) is 29.5. The Morgan fingerprint density at radius 1 is 0.500 bits per heavy atom. The van der Waals surface area contributed by atoms with E-state index in [9.17, 15) is 10.2 Å². The van der Waals surface area contributed by atoms with Crippen LogP contribution in [0, 0.1) is 22.9 Å². The summed E-state index contributed by atoms with van der Waals surface area (Å²) in [6, 6.07) is 26.7. The van der Waals surface area contributed by atoms with Gasteiger partial charge in [-0.3, -0.25) is 0 Å².